The normalized spacial score (nSPS) is 13.1. The van der Waals surface area contributed by atoms with E-state index in [-0.39, 0.29) is 11.6 Å². The molecule has 0 aromatic carbocycles. The van der Waals surface area contributed by atoms with Gasteiger partial charge in [0.2, 0.25) is 5.95 Å². The first-order valence-electron chi connectivity index (χ1n) is 8.28. The predicted molar refractivity (Wildman–Crippen MR) is 99.2 cm³/mol. The van der Waals surface area contributed by atoms with Gasteiger partial charge in [0.05, 0.1) is 17.9 Å². The lowest BCUT2D eigenvalue weighted by atomic mass is 10.0. The molecule has 4 heterocycles. The molecule has 0 amide bonds. The van der Waals surface area contributed by atoms with Crippen LogP contribution in [0.15, 0.2) is 35.2 Å². The molecule has 0 spiro atoms. The molecule has 0 aliphatic carbocycles. The minimum Gasteiger partial charge on any atom is -0.372 e. The number of nitrogens with two attached hydrogens (primary N) is 1. The smallest absolute Gasteiger partial charge is 0.220 e. The molecular weight excluding hydrogens is 363 g/mol. The van der Waals surface area contributed by atoms with Crippen molar-refractivity contribution in [1.29, 1.82) is 0 Å². The number of fused-ring (bicyclic) bond motifs is 1. The molecule has 8 nitrogen and oxygen atoms in total. The molecule has 0 bridgehead atoms. The van der Waals surface area contributed by atoms with E-state index in [0.717, 1.165) is 6.20 Å². The Morgan fingerprint density at radius 2 is 2.11 bits per heavy atom. The highest BCUT2D eigenvalue weighted by Gasteiger charge is 2.24. The van der Waals surface area contributed by atoms with Gasteiger partial charge in [-0.25, -0.2) is 19.3 Å². The molecule has 4 N–H and O–H groups in total. The molecule has 0 aliphatic heterocycles. The number of aliphatic hydroxyl groups is 1. The highest BCUT2D eigenvalue weighted by atomic mass is 19.1. The molecule has 9 heteroatoms. The minimum absolute atomic E-state index is 0.0289. The van der Waals surface area contributed by atoms with Gasteiger partial charge in [0.15, 0.2) is 11.4 Å². The van der Waals surface area contributed by atoms with Crippen molar-refractivity contribution in [2.45, 2.75) is 19.4 Å². The number of hydrogen-bond acceptors (Lipinski definition) is 7. The zero-order valence-electron chi connectivity index (χ0n) is 15.0. The molecule has 4 aromatic rings. The standard InChI is InChI=1S/C19H15FN6O2/c1-10-5-16(26-28-10)19(2,27)4-3-11-6-12-13(7-23-15(12)9-22-11)17-14(20)8-24-18(21)25-17/h5-9,23,27H,1-2H3,(H2,21,24,25). The maximum absolute atomic E-state index is 14.2. The molecular formula is C19H15FN6O2. The van der Waals surface area contributed by atoms with Gasteiger partial charge in [-0.3, -0.25) is 0 Å². The van der Waals surface area contributed by atoms with E-state index in [0.29, 0.717) is 33.6 Å². The number of rotatable bonds is 2. The van der Waals surface area contributed by atoms with E-state index < -0.39 is 11.4 Å². The molecule has 1 unspecified atom stereocenters. The van der Waals surface area contributed by atoms with E-state index in [1.165, 1.54) is 6.92 Å². The van der Waals surface area contributed by atoms with Crippen LogP contribution in [0.25, 0.3) is 22.2 Å². The van der Waals surface area contributed by atoms with E-state index in [4.69, 9.17) is 10.3 Å². The minimum atomic E-state index is -1.51. The van der Waals surface area contributed by atoms with Crippen LogP contribution in [0, 0.1) is 24.6 Å². The van der Waals surface area contributed by atoms with E-state index in [1.54, 1.807) is 31.5 Å². The van der Waals surface area contributed by atoms with Crippen molar-refractivity contribution in [2.75, 3.05) is 5.73 Å². The average molecular weight is 378 g/mol. The summed E-state index contributed by atoms with van der Waals surface area (Å²) < 4.78 is 19.1. The first-order valence-corrected chi connectivity index (χ1v) is 8.28. The summed E-state index contributed by atoms with van der Waals surface area (Å²) >= 11 is 0. The zero-order valence-corrected chi connectivity index (χ0v) is 15.0. The molecule has 4 aromatic heterocycles. The summed E-state index contributed by atoms with van der Waals surface area (Å²) in [6, 6.07) is 3.29. The van der Waals surface area contributed by atoms with Crippen molar-refractivity contribution in [1.82, 2.24) is 25.1 Å². The third kappa shape index (κ3) is 3.17. The number of nitrogens with one attached hydrogen (secondary N) is 1. The Morgan fingerprint density at radius 1 is 1.29 bits per heavy atom. The van der Waals surface area contributed by atoms with Crippen LogP contribution >= 0.6 is 0 Å². The number of H-pyrrole nitrogens is 1. The zero-order chi connectivity index (χ0) is 19.9. The molecule has 0 aliphatic rings. The van der Waals surface area contributed by atoms with Crippen molar-refractivity contribution in [3.05, 3.63) is 53.7 Å². The lowest BCUT2D eigenvalue weighted by Gasteiger charge is -2.11. The van der Waals surface area contributed by atoms with Crippen molar-refractivity contribution in [2.24, 2.45) is 0 Å². The molecule has 1 atom stereocenters. The van der Waals surface area contributed by atoms with Gasteiger partial charge in [0, 0.05) is 23.2 Å². The van der Waals surface area contributed by atoms with Gasteiger partial charge in [-0.1, -0.05) is 11.1 Å². The third-order valence-corrected chi connectivity index (χ3v) is 4.14. The summed E-state index contributed by atoms with van der Waals surface area (Å²) in [5.74, 6) is 5.50. The average Bonchev–Trinajstić information content (AvgIpc) is 3.28. The van der Waals surface area contributed by atoms with Crippen LogP contribution < -0.4 is 5.73 Å². The van der Waals surface area contributed by atoms with Gasteiger partial charge in [-0.2, -0.15) is 0 Å². The summed E-state index contributed by atoms with van der Waals surface area (Å²) in [6.07, 6.45) is 4.21. The van der Waals surface area contributed by atoms with Crippen LogP contribution in [0.4, 0.5) is 10.3 Å². The molecule has 28 heavy (non-hydrogen) atoms. The fourth-order valence-electron chi connectivity index (χ4n) is 2.70. The second-order valence-electron chi connectivity index (χ2n) is 6.39. The van der Waals surface area contributed by atoms with Crippen molar-refractivity contribution >= 4 is 16.9 Å². The Labute approximate surface area is 158 Å². The Balaban J connectivity index is 1.76. The molecule has 0 fully saturated rings. The molecule has 4 rings (SSSR count). The van der Waals surface area contributed by atoms with Crippen LogP contribution in [0.2, 0.25) is 0 Å². The van der Waals surface area contributed by atoms with Gasteiger partial charge in [-0.05, 0) is 25.8 Å². The van der Waals surface area contributed by atoms with Crippen molar-refractivity contribution in [3.63, 3.8) is 0 Å². The van der Waals surface area contributed by atoms with Crippen molar-refractivity contribution in [3.8, 4) is 23.1 Å². The first kappa shape index (κ1) is 17.6. The van der Waals surface area contributed by atoms with Gasteiger partial charge >= 0.3 is 0 Å². The van der Waals surface area contributed by atoms with Crippen LogP contribution in [0.3, 0.4) is 0 Å². The summed E-state index contributed by atoms with van der Waals surface area (Å²) in [5.41, 5.74) is 6.02. The van der Waals surface area contributed by atoms with E-state index in [1.807, 2.05) is 0 Å². The Morgan fingerprint density at radius 3 is 2.86 bits per heavy atom. The Kier molecular flexibility index (Phi) is 4.05. The van der Waals surface area contributed by atoms with Gasteiger partial charge in [0.25, 0.3) is 0 Å². The van der Waals surface area contributed by atoms with Crippen LogP contribution in [-0.4, -0.2) is 30.2 Å². The highest BCUT2D eigenvalue weighted by molar-refractivity contribution is 5.94. The molecule has 0 radical (unpaired) electrons. The third-order valence-electron chi connectivity index (χ3n) is 4.14. The quantitative estimate of drug-likeness (QED) is 0.457. The number of aromatic amines is 1. The number of halogens is 1. The molecule has 0 saturated heterocycles. The van der Waals surface area contributed by atoms with Crippen LogP contribution in [0.1, 0.15) is 24.1 Å². The van der Waals surface area contributed by atoms with Gasteiger partial charge < -0.3 is 20.3 Å². The van der Waals surface area contributed by atoms with Crippen LogP contribution in [-0.2, 0) is 5.60 Å². The van der Waals surface area contributed by atoms with Gasteiger partial charge in [0.1, 0.15) is 22.8 Å². The molecule has 0 saturated carbocycles. The summed E-state index contributed by atoms with van der Waals surface area (Å²) in [5, 5.41) is 15.0. The summed E-state index contributed by atoms with van der Waals surface area (Å²) in [6.45, 7) is 3.23. The fourth-order valence-corrected chi connectivity index (χ4v) is 2.70. The summed E-state index contributed by atoms with van der Waals surface area (Å²) in [4.78, 5) is 14.9. The Hall–Kier alpha value is -3.77. The first-order chi connectivity index (χ1) is 13.3. The number of aromatic nitrogens is 5. The maximum atomic E-state index is 14.2. The fraction of sp³-hybridized carbons (Fsp3) is 0.158. The SMILES string of the molecule is Cc1cc(C(C)(O)C#Cc2cc3c(-c4nc(N)ncc4F)c[nH]c3cn2)no1. The van der Waals surface area contributed by atoms with Crippen LogP contribution in [0.5, 0.6) is 0 Å². The lowest BCUT2D eigenvalue weighted by molar-refractivity contribution is 0.112. The predicted octanol–water partition coefficient (Wildman–Crippen LogP) is 2.30. The van der Waals surface area contributed by atoms with E-state index in [2.05, 4.69) is 36.9 Å². The topological polar surface area (TPSA) is 127 Å². The van der Waals surface area contributed by atoms with Crippen molar-refractivity contribution < 1.29 is 14.0 Å². The highest BCUT2D eigenvalue weighted by Crippen LogP contribution is 2.29. The number of aryl methyl sites for hydroxylation is 1. The molecule has 140 valence electrons. The monoisotopic (exact) mass is 378 g/mol. The second-order valence-corrected chi connectivity index (χ2v) is 6.39. The van der Waals surface area contributed by atoms with E-state index >= 15 is 0 Å². The number of nitrogens with zero attached hydrogens (tertiary/aromatic N) is 4. The largest absolute Gasteiger partial charge is 0.372 e. The number of hydrogen-bond donors (Lipinski definition) is 3. The number of anilines is 1. The summed E-state index contributed by atoms with van der Waals surface area (Å²) in [7, 11) is 0. The number of nitrogen functional groups attached to an aromatic ring is 1. The second kappa shape index (κ2) is 6.44. The Bertz CT molecular complexity index is 1250. The number of pyridine rings is 1. The lowest BCUT2D eigenvalue weighted by Crippen LogP contribution is -2.18. The van der Waals surface area contributed by atoms with Gasteiger partial charge in [-0.15, -0.1) is 0 Å². The van der Waals surface area contributed by atoms with E-state index in [9.17, 15) is 9.50 Å². The maximum Gasteiger partial charge on any atom is 0.220 e.